The highest BCUT2D eigenvalue weighted by Gasteiger charge is 2.41. The van der Waals surface area contributed by atoms with Gasteiger partial charge in [0, 0.05) is 17.4 Å². The van der Waals surface area contributed by atoms with Gasteiger partial charge in [0.15, 0.2) is 16.6 Å². The Balaban J connectivity index is 0.000000485. The third-order valence-electron chi connectivity index (χ3n) is 13.6. The molecular formula is C56H100O11Si3. The van der Waals surface area contributed by atoms with Gasteiger partial charge in [-0.15, -0.1) is 0 Å². The lowest BCUT2D eigenvalue weighted by atomic mass is 9.70. The molecule has 0 aromatic heterocycles. The van der Waals surface area contributed by atoms with Gasteiger partial charge in [0.25, 0.3) is 0 Å². The van der Waals surface area contributed by atoms with E-state index in [1.165, 1.54) is 77.0 Å². The van der Waals surface area contributed by atoms with Crippen LogP contribution in [-0.4, -0.2) is 81.6 Å². The van der Waals surface area contributed by atoms with Crippen LogP contribution in [0.15, 0.2) is 36.4 Å². The van der Waals surface area contributed by atoms with E-state index in [2.05, 4.69) is 53.5 Å². The van der Waals surface area contributed by atoms with E-state index in [1.807, 2.05) is 58.1 Å². The lowest BCUT2D eigenvalue weighted by Crippen LogP contribution is -2.53. The number of unbranched alkanes of at least 4 members (excludes halogenated alkanes) is 6. The molecule has 2 aliphatic rings. The van der Waals surface area contributed by atoms with Crippen LogP contribution in [0.2, 0.25) is 51.4 Å². The maximum Gasteiger partial charge on any atom is 0.338 e. The van der Waals surface area contributed by atoms with Crippen molar-refractivity contribution < 1.29 is 51.1 Å². The molecule has 3 rings (SSSR count). The van der Waals surface area contributed by atoms with E-state index in [4.69, 9.17) is 31.9 Å². The lowest BCUT2D eigenvalue weighted by molar-refractivity contribution is -0.153. The van der Waals surface area contributed by atoms with Gasteiger partial charge in [-0.05, 0) is 152 Å². The summed E-state index contributed by atoms with van der Waals surface area (Å²) >= 11 is 0. The summed E-state index contributed by atoms with van der Waals surface area (Å²) in [5, 5.41) is 0. The number of hydrogen-bond acceptors (Lipinski definition) is 11. The molecule has 0 radical (unpaired) electrons. The number of ether oxygens (including phenoxy) is 5. The summed E-state index contributed by atoms with van der Waals surface area (Å²) in [6, 6.07) is 8.73. The number of rotatable bonds is 31. The van der Waals surface area contributed by atoms with Crippen LogP contribution in [0.25, 0.3) is 0 Å². The van der Waals surface area contributed by atoms with E-state index in [0.29, 0.717) is 36.3 Å². The highest BCUT2D eigenvalue weighted by atomic mass is 28.5. The lowest BCUT2D eigenvalue weighted by Gasteiger charge is -2.39. The minimum Gasteiger partial charge on any atom is -0.494 e. The Bertz CT molecular complexity index is 1680. The van der Waals surface area contributed by atoms with Crippen molar-refractivity contribution in [2.45, 2.75) is 228 Å². The second kappa shape index (κ2) is 32.4. The van der Waals surface area contributed by atoms with Gasteiger partial charge in [-0.3, -0.25) is 9.59 Å². The molecule has 2 aliphatic carbocycles. The zero-order chi connectivity index (χ0) is 52.4. The molecule has 1 unspecified atom stereocenters. The molecule has 0 bridgehead atoms. The van der Waals surface area contributed by atoms with Crippen molar-refractivity contribution in [2.75, 3.05) is 26.4 Å². The Hall–Kier alpha value is -2.79. The molecular weight excluding hydrogens is 933 g/mol. The fourth-order valence-electron chi connectivity index (χ4n) is 9.87. The first-order chi connectivity index (χ1) is 32.9. The first-order valence-electron chi connectivity index (χ1n) is 27.4. The predicted octanol–water partition coefficient (Wildman–Crippen LogP) is 14.9. The monoisotopic (exact) mass is 1030 g/mol. The van der Waals surface area contributed by atoms with Crippen molar-refractivity contribution in [1.29, 1.82) is 0 Å². The second-order valence-corrected chi connectivity index (χ2v) is 35.5. The van der Waals surface area contributed by atoms with Crippen LogP contribution in [0.1, 0.15) is 181 Å². The molecule has 11 nitrogen and oxygen atoms in total. The van der Waals surface area contributed by atoms with Crippen molar-refractivity contribution in [1.82, 2.24) is 0 Å². The molecule has 0 amide bonds. The summed E-state index contributed by atoms with van der Waals surface area (Å²) < 4.78 is 40.9. The van der Waals surface area contributed by atoms with Gasteiger partial charge in [-0.2, -0.15) is 0 Å². The third kappa shape index (κ3) is 27.3. The first-order valence-corrected chi connectivity index (χ1v) is 36.4. The van der Waals surface area contributed by atoms with Gasteiger partial charge < -0.3 is 31.9 Å². The zero-order valence-electron chi connectivity index (χ0n) is 46.6. The molecule has 70 heavy (non-hydrogen) atoms. The quantitative estimate of drug-likeness (QED) is 0.0231. The van der Waals surface area contributed by atoms with Crippen molar-refractivity contribution in [2.24, 2.45) is 29.1 Å². The van der Waals surface area contributed by atoms with Crippen LogP contribution in [0.4, 0.5) is 0 Å². The molecule has 1 aromatic rings. The molecule has 0 N–H and O–H groups in total. The first kappa shape index (κ1) is 63.3. The SMILES string of the molecule is C=C(C)C(=O)OCC(C)(C)COC(=O)C(C)C[Si](C)(C)O[Si](C)(C)O[Si](C)(C)CCC(=O)OCCCCC.CCCCCOc1ccc(C(=O)OC2CCC(C3CCC(CCCCC)CC3)CC2)cc1. The molecule has 0 heterocycles. The van der Waals surface area contributed by atoms with Crippen LogP contribution in [0, 0.1) is 29.1 Å². The summed E-state index contributed by atoms with van der Waals surface area (Å²) in [7, 11) is -6.91. The highest BCUT2D eigenvalue weighted by Crippen LogP contribution is 2.42. The fourth-order valence-corrected chi connectivity index (χ4v) is 24.2. The molecule has 0 spiro atoms. The van der Waals surface area contributed by atoms with Crippen LogP contribution >= 0.6 is 0 Å². The average molecular weight is 1030 g/mol. The van der Waals surface area contributed by atoms with Crippen molar-refractivity contribution in [3.63, 3.8) is 0 Å². The summed E-state index contributed by atoms with van der Waals surface area (Å²) in [5.41, 5.74) is 0.458. The maximum absolute atomic E-state index is 12.7. The van der Waals surface area contributed by atoms with E-state index in [1.54, 1.807) is 6.92 Å². The molecule has 402 valence electrons. The minimum absolute atomic E-state index is 0.0918. The predicted molar refractivity (Wildman–Crippen MR) is 291 cm³/mol. The van der Waals surface area contributed by atoms with Crippen molar-refractivity contribution in [3.05, 3.63) is 42.0 Å². The van der Waals surface area contributed by atoms with Gasteiger partial charge in [0.2, 0.25) is 0 Å². The molecule has 0 aliphatic heterocycles. The molecule has 2 fully saturated rings. The number of hydrogen-bond donors (Lipinski definition) is 0. The Morgan fingerprint density at radius 3 is 1.79 bits per heavy atom. The smallest absolute Gasteiger partial charge is 0.338 e. The molecule has 0 saturated heterocycles. The Labute approximate surface area is 429 Å². The molecule has 2 saturated carbocycles. The number of esters is 4. The topological polar surface area (TPSA) is 133 Å². The van der Waals surface area contributed by atoms with Gasteiger partial charge in [-0.1, -0.05) is 112 Å². The van der Waals surface area contributed by atoms with Gasteiger partial charge in [0.05, 0.1) is 37.9 Å². The second-order valence-electron chi connectivity index (χ2n) is 23.1. The number of carbonyl (C=O) groups excluding carboxylic acids is 4. The van der Waals surface area contributed by atoms with E-state index in [0.717, 1.165) is 68.6 Å². The Morgan fingerprint density at radius 1 is 0.686 bits per heavy atom. The molecule has 1 aromatic carbocycles. The highest BCUT2D eigenvalue weighted by molar-refractivity contribution is 6.88. The standard InChI is InChI=1S/C29H46O3.C27H54O8Si3/c1-3-5-7-9-23-10-12-24(13-11-23)25-14-20-28(21-15-25)32-29(30)26-16-18-27(19-17-26)31-22-8-6-4-2;1-13-14-15-17-31-24(28)16-18-36(7,8)34-38(11,12)35-37(9,10)19-23(4)26(30)33-21-27(5,6)20-32-25(29)22(2)3/h16-19,23-25,28H,3-15,20-22H2,1-2H3;23H,2,13-21H2,1,3-12H3. The Morgan fingerprint density at radius 2 is 1.21 bits per heavy atom. The Kier molecular flexibility index (Phi) is 29.3. The third-order valence-corrected chi connectivity index (χ3v) is 25.0. The van der Waals surface area contributed by atoms with Crippen LogP contribution in [0.5, 0.6) is 5.75 Å². The van der Waals surface area contributed by atoms with Crippen LogP contribution in [-0.2, 0) is 41.6 Å². The summed E-state index contributed by atoms with van der Waals surface area (Å²) in [6.45, 7) is 31.4. The fraction of sp³-hybridized carbons (Fsp3) is 0.786. The van der Waals surface area contributed by atoms with Crippen molar-refractivity contribution in [3.8, 4) is 5.75 Å². The largest absolute Gasteiger partial charge is 0.494 e. The van der Waals surface area contributed by atoms with E-state index in [-0.39, 0.29) is 43.1 Å². The number of benzene rings is 1. The van der Waals surface area contributed by atoms with Gasteiger partial charge >= 0.3 is 32.4 Å². The normalized spacial score (nSPS) is 19.2. The average Bonchev–Trinajstić information content (AvgIpc) is 3.29. The van der Waals surface area contributed by atoms with E-state index < -0.39 is 36.6 Å². The minimum atomic E-state index is -2.50. The summed E-state index contributed by atoms with van der Waals surface area (Å²) in [6.07, 6.45) is 22.9. The molecule has 1 atom stereocenters. The summed E-state index contributed by atoms with van der Waals surface area (Å²) in [4.78, 5) is 49.1. The van der Waals surface area contributed by atoms with E-state index >= 15 is 0 Å². The van der Waals surface area contributed by atoms with Crippen LogP contribution < -0.4 is 4.74 Å². The summed E-state index contributed by atoms with van der Waals surface area (Å²) in [5.74, 6) is 2.17. The molecule has 14 heteroatoms. The van der Waals surface area contributed by atoms with Crippen LogP contribution in [0.3, 0.4) is 0 Å². The van der Waals surface area contributed by atoms with Gasteiger partial charge in [-0.25, -0.2) is 9.59 Å². The maximum atomic E-state index is 12.7. The van der Waals surface area contributed by atoms with Crippen molar-refractivity contribution >= 4 is 49.1 Å². The zero-order valence-corrected chi connectivity index (χ0v) is 49.6. The van der Waals surface area contributed by atoms with E-state index in [9.17, 15) is 19.2 Å². The van der Waals surface area contributed by atoms with Gasteiger partial charge in [0.1, 0.15) is 11.9 Å². The number of carbonyl (C=O) groups is 4.